The molecule has 1 amide bonds. The monoisotopic (exact) mass is 307 g/mol. The van der Waals surface area contributed by atoms with E-state index in [0.29, 0.717) is 17.4 Å². The lowest BCUT2D eigenvalue weighted by Gasteiger charge is -2.13. The molecule has 1 saturated carbocycles. The Morgan fingerprint density at radius 3 is 2.27 bits per heavy atom. The maximum atomic E-state index is 12.0. The second-order valence-corrected chi connectivity index (χ2v) is 5.37. The number of carbonyl (C=O) groups excluding carboxylic acids is 2. The summed E-state index contributed by atoms with van der Waals surface area (Å²) in [5, 5.41) is 2.83. The zero-order chi connectivity index (χ0) is 16.1. The Morgan fingerprint density at radius 2 is 1.77 bits per heavy atom. The first kappa shape index (κ1) is 16.1. The first-order valence-corrected chi connectivity index (χ1v) is 7.23. The minimum atomic E-state index is -0.591. The summed E-state index contributed by atoms with van der Waals surface area (Å²) < 4.78 is 15.2. The van der Waals surface area contributed by atoms with Crippen LogP contribution in [0.4, 0.5) is 0 Å². The molecule has 1 fully saturated rings. The molecule has 120 valence electrons. The quantitative estimate of drug-likeness (QED) is 0.777. The van der Waals surface area contributed by atoms with E-state index in [1.807, 2.05) is 6.92 Å². The minimum Gasteiger partial charge on any atom is -0.497 e. The Bertz CT molecular complexity index is 531. The van der Waals surface area contributed by atoms with Crippen molar-refractivity contribution in [2.24, 2.45) is 5.92 Å². The van der Waals surface area contributed by atoms with Gasteiger partial charge in [-0.15, -0.1) is 0 Å². The number of hydrogen-bond acceptors (Lipinski definition) is 5. The molecule has 6 heteroatoms. The van der Waals surface area contributed by atoms with Crippen molar-refractivity contribution in [1.29, 1.82) is 0 Å². The first-order valence-electron chi connectivity index (χ1n) is 7.23. The van der Waals surface area contributed by atoms with Gasteiger partial charge < -0.3 is 19.5 Å². The molecule has 1 aromatic rings. The Balaban J connectivity index is 1.89. The average Bonchev–Trinajstić information content (AvgIpc) is 3.36. The molecule has 2 rings (SSSR count). The molecule has 0 aliphatic heterocycles. The molecule has 1 N–H and O–H groups in total. The lowest BCUT2D eigenvalue weighted by molar-refractivity contribution is -0.124. The molecule has 0 radical (unpaired) electrons. The van der Waals surface area contributed by atoms with Gasteiger partial charge in [0.1, 0.15) is 11.5 Å². The summed E-state index contributed by atoms with van der Waals surface area (Å²) in [7, 11) is 2.99. The summed E-state index contributed by atoms with van der Waals surface area (Å²) in [6.45, 7) is 1.67. The van der Waals surface area contributed by atoms with Gasteiger partial charge in [-0.3, -0.25) is 4.79 Å². The van der Waals surface area contributed by atoms with Gasteiger partial charge in [0.15, 0.2) is 6.61 Å². The van der Waals surface area contributed by atoms with E-state index >= 15 is 0 Å². The van der Waals surface area contributed by atoms with Crippen LogP contribution in [0.25, 0.3) is 0 Å². The standard InChI is InChI=1S/C16H21NO5/c1-10(11-4-5-11)17-15(18)9-22-16(19)12-6-13(20-2)8-14(7-12)21-3/h6-8,10-11H,4-5,9H2,1-3H3,(H,17,18)/t10-/m1/s1. The molecular formula is C16H21NO5. The van der Waals surface area contributed by atoms with Gasteiger partial charge in [-0.2, -0.15) is 0 Å². The summed E-state index contributed by atoms with van der Waals surface area (Å²) in [6.07, 6.45) is 2.29. The van der Waals surface area contributed by atoms with Crippen LogP contribution < -0.4 is 14.8 Å². The third-order valence-electron chi connectivity index (χ3n) is 3.64. The van der Waals surface area contributed by atoms with Gasteiger partial charge in [0.25, 0.3) is 5.91 Å². The molecule has 0 spiro atoms. The fourth-order valence-corrected chi connectivity index (χ4v) is 2.15. The second-order valence-electron chi connectivity index (χ2n) is 5.37. The third-order valence-corrected chi connectivity index (χ3v) is 3.64. The molecular weight excluding hydrogens is 286 g/mol. The van der Waals surface area contributed by atoms with Crippen LogP contribution in [-0.4, -0.2) is 38.7 Å². The normalized spacial score (nSPS) is 14.9. The lowest BCUT2D eigenvalue weighted by atomic mass is 10.2. The van der Waals surface area contributed by atoms with E-state index in [0.717, 1.165) is 12.8 Å². The van der Waals surface area contributed by atoms with Gasteiger partial charge in [-0.1, -0.05) is 0 Å². The SMILES string of the molecule is COc1cc(OC)cc(C(=O)OCC(=O)N[C@H](C)C2CC2)c1. The van der Waals surface area contributed by atoms with E-state index in [2.05, 4.69) is 5.32 Å². The molecule has 0 heterocycles. The van der Waals surface area contributed by atoms with Crippen molar-refractivity contribution in [1.82, 2.24) is 5.32 Å². The molecule has 6 nitrogen and oxygen atoms in total. The average molecular weight is 307 g/mol. The van der Waals surface area contributed by atoms with Crippen molar-refractivity contribution in [3.8, 4) is 11.5 Å². The van der Waals surface area contributed by atoms with Gasteiger partial charge in [0.2, 0.25) is 0 Å². The molecule has 1 atom stereocenters. The van der Waals surface area contributed by atoms with Crippen LogP contribution in [0.3, 0.4) is 0 Å². The van der Waals surface area contributed by atoms with Crippen molar-refractivity contribution in [3.63, 3.8) is 0 Å². The van der Waals surface area contributed by atoms with E-state index < -0.39 is 5.97 Å². The number of rotatable bonds is 7. The molecule has 0 bridgehead atoms. The van der Waals surface area contributed by atoms with Crippen molar-refractivity contribution < 1.29 is 23.8 Å². The Kier molecular flexibility index (Phi) is 5.25. The van der Waals surface area contributed by atoms with Gasteiger partial charge >= 0.3 is 5.97 Å². The Labute approximate surface area is 129 Å². The summed E-state index contributed by atoms with van der Waals surface area (Å²) >= 11 is 0. The largest absolute Gasteiger partial charge is 0.497 e. The molecule has 22 heavy (non-hydrogen) atoms. The smallest absolute Gasteiger partial charge is 0.338 e. The summed E-state index contributed by atoms with van der Waals surface area (Å²) in [5.41, 5.74) is 0.277. The maximum absolute atomic E-state index is 12.0. The van der Waals surface area contributed by atoms with E-state index in [1.165, 1.54) is 26.4 Å². The van der Waals surface area contributed by atoms with Crippen LogP contribution in [0.15, 0.2) is 18.2 Å². The molecule has 1 aromatic carbocycles. The number of benzene rings is 1. The van der Waals surface area contributed by atoms with Crippen LogP contribution in [0.5, 0.6) is 11.5 Å². The first-order chi connectivity index (χ1) is 10.5. The van der Waals surface area contributed by atoms with Crippen molar-refractivity contribution >= 4 is 11.9 Å². The van der Waals surface area contributed by atoms with E-state index in [9.17, 15) is 9.59 Å². The van der Waals surface area contributed by atoms with Crippen LogP contribution in [0.1, 0.15) is 30.1 Å². The highest BCUT2D eigenvalue weighted by Gasteiger charge is 2.29. The molecule has 0 unspecified atom stereocenters. The molecule has 0 aromatic heterocycles. The van der Waals surface area contributed by atoms with Crippen LogP contribution in [-0.2, 0) is 9.53 Å². The van der Waals surface area contributed by atoms with Crippen LogP contribution >= 0.6 is 0 Å². The van der Waals surface area contributed by atoms with Crippen molar-refractivity contribution in [2.75, 3.05) is 20.8 Å². The topological polar surface area (TPSA) is 73.9 Å². The Morgan fingerprint density at radius 1 is 1.18 bits per heavy atom. The van der Waals surface area contributed by atoms with Gasteiger partial charge in [-0.25, -0.2) is 4.79 Å². The molecule has 1 aliphatic rings. The highest BCUT2D eigenvalue weighted by molar-refractivity contribution is 5.92. The predicted molar refractivity (Wildman–Crippen MR) is 80.2 cm³/mol. The van der Waals surface area contributed by atoms with E-state index in [1.54, 1.807) is 6.07 Å². The number of esters is 1. The highest BCUT2D eigenvalue weighted by atomic mass is 16.5. The number of hydrogen-bond donors (Lipinski definition) is 1. The van der Waals surface area contributed by atoms with Crippen LogP contribution in [0.2, 0.25) is 0 Å². The number of nitrogens with one attached hydrogen (secondary N) is 1. The van der Waals surface area contributed by atoms with Crippen molar-refractivity contribution in [3.05, 3.63) is 23.8 Å². The maximum Gasteiger partial charge on any atom is 0.338 e. The molecule has 1 aliphatic carbocycles. The fraction of sp³-hybridized carbons (Fsp3) is 0.500. The molecule has 0 saturated heterocycles. The van der Waals surface area contributed by atoms with Gasteiger partial charge in [0, 0.05) is 12.1 Å². The van der Waals surface area contributed by atoms with E-state index in [4.69, 9.17) is 14.2 Å². The zero-order valence-corrected chi connectivity index (χ0v) is 13.0. The number of ether oxygens (including phenoxy) is 3. The number of amides is 1. The van der Waals surface area contributed by atoms with Gasteiger partial charge in [0.05, 0.1) is 19.8 Å². The predicted octanol–water partition coefficient (Wildman–Crippen LogP) is 1.78. The number of methoxy groups -OCH3 is 2. The summed E-state index contributed by atoms with van der Waals surface area (Å²) in [6, 6.07) is 4.86. The lowest BCUT2D eigenvalue weighted by Crippen LogP contribution is -2.37. The minimum absolute atomic E-state index is 0.128. The van der Waals surface area contributed by atoms with Crippen LogP contribution in [0, 0.1) is 5.92 Å². The fourth-order valence-electron chi connectivity index (χ4n) is 2.15. The number of carbonyl (C=O) groups is 2. The van der Waals surface area contributed by atoms with E-state index in [-0.39, 0.29) is 24.1 Å². The summed E-state index contributed by atoms with van der Waals surface area (Å²) in [4.78, 5) is 23.7. The zero-order valence-electron chi connectivity index (χ0n) is 13.0. The van der Waals surface area contributed by atoms with Gasteiger partial charge in [-0.05, 0) is 37.8 Å². The third kappa shape index (κ3) is 4.38. The Hall–Kier alpha value is -2.24. The second kappa shape index (κ2) is 7.15. The summed E-state index contributed by atoms with van der Waals surface area (Å²) in [5.74, 6) is 0.646. The highest BCUT2D eigenvalue weighted by Crippen LogP contribution is 2.32. The van der Waals surface area contributed by atoms with Crippen molar-refractivity contribution in [2.45, 2.75) is 25.8 Å².